The van der Waals surface area contributed by atoms with Crippen LogP contribution < -0.4 is 10.6 Å². The summed E-state index contributed by atoms with van der Waals surface area (Å²) in [6.45, 7) is 4.08. The molecule has 0 amide bonds. The monoisotopic (exact) mass is 270 g/mol. The summed E-state index contributed by atoms with van der Waals surface area (Å²) in [6.07, 6.45) is 4.57. The summed E-state index contributed by atoms with van der Waals surface area (Å²) in [7, 11) is 0. The van der Waals surface area contributed by atoms with Gasteiger partial charge in [-0.15, -0.1) is 0 Å². The highest BCUT2D eigenvalue weighted by atomic mass is 79.9. The molecule has 0 aliphatic carbocycles. The van der Waals surface area contributed by atoms with Crippen molar-refractivity contribution in [1.29, 1.82) is 0 Å². The van der Waals surface area contributed by atoms with Crippen LogP contribution in [0.2, 0.25) is 0 Å². The van der Waals surface area contributed by atoms with E-state index in [4.69, 9.17) is 5.73 Å². The molecule has 82 valence electrons. The topological polar surface area (TPSA) is 55.0 Å². The van der Waals surface area contributed by atoms with Gasteiger partial charge in [-0.05, 0) is 28.3 Å². The third-order valence-corrected chi connectivity index (χ3v) is 3.27. The highest BCUT2D eigenvalue weighted by Crippen LogP contribution is 2.19. The van der Waals surface area contributed by atoms with E-state index >= 15 is 0 Å². The first-order valence-corrected chi connectivity index (χ1v) is 5.94. The molecule has 2 atom stereocenters. The first-order valence-electron chi connectivity index (χ1n) is 5.15. The molecule has 15 heavy (non-hydrogen) atoms. The van der Waals surface area contributed by atoms with Crippen molar-refractivity contribution in [2.45, 2.75) is 19.4 Å². The van der Waals surface area contributed by atoms with Gasteiger partial charge in [0, 0.05) is 31.5 Å². The maximum atomic E-state index is 5.97. The molecule has 0 aromatic carbocycles. The Labute approximate surface area is 98.0 Å². The number of nitrogens with two attached hydrogens (primary N) is 1. The molecule has 0 radical (unpaired) electrons. The molecule has 0 spiro atoms. The molecule has 1 saturated heterocycles. The smallest absolute Gasteiger partial charge is 0.225 e. The highest BCUT2D eigenvalue weighted by Gasteiger charge is 2.24. The zero-order valence-electron chi connectivity index (χ0n) is 8.73. The van der Waals surface area contributed by atoms with Crippen molar-refractivity contribution in [2.75, 3.05) is 18.0 Å². The van der Waals surface area contributed by atoms with Gasteiger partial charge in [0.25, 0.3) is 0 Å². The van der Waals surface area contributed by atoms with Gasteiger partial charge in [-0.2, -0.15) is 0 Å². The SMILES string of the molecule is CC1CN(c2ncc(Br)cn2)CCC1N. The van der Waals surface area contributed by atoms with Crippen LogP contribution in [0.3, 0.4) is 0 Å². The maximum Gasteiger partial charge on any atom is 0.225 e. The number of aromatic nitrogens is 2. The Morgan fingerprint density at radius 1 is 1.47 bits per heavy atom. The normalized spacial score (nSPS) is 26.7. The van der Waals surface area contributed by atoms with E-state index in [1.54, 1.807) is 12.4 Å². The van der Waals surface area contributed by atoms with Crippen molar-refractivity contribution in [2.24, 2.45) is 11.7 Å². The Morgan fingerprint density at radius 3 is 2.73 bits per heavy atom. The third kappa shape index (κ3) is 2.46. The van der Waals surface area contributed by atoms with Gasteiger partial charge in [0.1, 0.15) is 0 Å². The Hall–Kier alpha value is -0.680. The van der Waals surface area contributed by atoms with Crippen LogP contribution >= 0.6 is 15.9 Å². The van der Waals surface area contributed by atoms with Crippen LogP contribution in [0.4, 0.5) is 5.95 Å². The molecule has 2 heterocycles. The molecule has 1 aromatic heterocycles. The van der Waals surface area contributed by atoms with Crippen LogP contribution in [0, 0.1) is 5.92 Å². The molecule has 4 nitrogen and oxygen atoms in total. The summed E-state index contributed by atoms with van der Waals surface area (Å²) in [6, 6.07) is 0.316. The van der Waals surface area contributed by atoms with Crippen molar-refractivity contribution in [3.8, 4) is 0 Å². The van der Waals surface area contributed by atoms with E-state index in [1.807, 2.05) is 0 Å². The van der Waals surface area contributed by atoms with Crippen molar-refractivity contribution < 1.29 is 0 Å². The van der Waals surface area contributed by atoms with Crippen molar-refractivity contribution in [3.05, 3.63) is 16.9 Å². The minimum absolute atomic E-state index is 0.316. The van der Waals surface area contributed by atoms with Gasteiger partial charge in [0.15, 0.2) is 0 Å². The lowest BCUT2D eigenvalue weighted by molar-refractivity contribution is 0.379. The van der Waals surface area contributed by atoms with E-state index in [9.17, 15) is 0 Å². The molecule has 2 N–H and O–H groups in total. The summed E-state index contributed by atoms with van der Waals surface area (Å²) in [5.74, 6) is 1.31. The standard InChI is InChI=1S/C10H15BrN4/c1-7-6-15(3-2-9(7)12)10-13-4-8(11)5-14-10/h4-5,7,9H,2-3,6,12H2,1H3. The maximum absolute atomic E-state index is 5.97. The largest absolute Gasteiger partial charge is 0.340 e. The minimum Gasteiger partial charge on any atom is -0.340 e. The first-order chi connectivity index (χ1) is 7.16. The number of halogens is 1. The number of hydrogen-bond acceptors (Lipinski definition) is 4. The van der Waals surface area contributed by atoms with E-state index in [1.165, 1.54) is 0 Å². The van der Waals surface area contributed by atoms with Gasteiger partial charge < -0.3 is 10.6 Å². The summed E-state index contributed by atoms with van der Waals surface area (Å²) >= 11 is 3.33. The lowest BCUT2D eigenvalue weighted by atomic mass is 9.95. The first kappa shape index (κ1) is 10.8. The molecule has 1 aliphatic heterocycles. The van der Waals surface area contributed by atoms with Crippen LogP contribution in [-0.4, -0.2) is 29.1 Å². The predicted molar refractivity (Wildman–Crippen MR) is 63.7 cm³/mol. The Kier molecular flexibility index (Phi) is 3.21. The van der Waals surface area contributed by atoms with E-state index in [2.05, 4.69) is 37.7 Å². The second kappa shape index (κ2) is 4.45. The number of rotatable bonds is 1. The quantitative estimate of drug-likeness (QED) is 0.839. The average Bonchev–Trinajstić information content (AvgIpc) is 2.23. The second-order valence-electron chi connectivity index (χ2n) is 4.08. The van der Waals surface area contributed by atoms with E-state index in [0.29, 0.717) is 12.0 Å². The van der Waals surface area contributed by atoms with Crippen LogP contribution in [0.15, 0.2) is 16.9 Å². The predicted octanol–water partition coefficient (Wildman–Crippen LogP) is 1.41. The fraction of sp³-hybridized carbons (Fsp3) is 0.600. The summed E-state index contributed by atoms with van der Waals surface area (Å²) < 4.78 is 0.910. The zero-order valence-corrected chi connectivity index (χ0v) is 10.3. The van der Waals surface area contributed by atoms with Crippen molar-refractivity contribution >= 4 is 21.9 Å². The fourth-order valence-electron chi connectivity index (χ4n) is 1.81. The van der Waals surface area contributed by atoms with E-state index < -0.39 is 0 Å². The third-order valence-electron chi connectivity index (χ3n) is 2.86. The molecular formula is C10H15BrN4. The van der Waals surface area contributed by atoms with E-state index in [0.717, 1.165) is 29.9 Å². The number of piperidine rings is 1. The molecule has 2 rings (SSSR count). The minimum atomic E-state index is 0.316. The van der Waals surface area contributed by atoms with Crippen LogP contribution in [0.5, 0.6) is 0 Å². The van der Waals surface area contributed by atoms with Crippen LogP contribution in [0.1, 0.15) is 13.3 Å². The van der Waals surface area contributed by atoms with Crippen molar-refractivity contribution in [3.63, 3.8) is 0 Å². The molecular weight excluding hydrogens is 256 g/mol. The van der Waals surface area contributed by atoms with Gasteiger partial charge in [-0.3, -0.25) is 0 Å². The lowest BCUT2D eigenvalue weighted by Crippen LogP contribution is -2.46. The highest BCUT2D eigenvalue weighted by molar-refractivity contribution is 9.10. The van der Waals surface area contributed by atoms with Crippen LogP contribution in [0.25, 0.3) is 0 Å². The fourth-order valence-corrected chi connectivity index (χ4v) is 2.02. The van der Waals surface area contributed by atoms with Gasteiger partial charge in [-0.1, -0.05) is 6.92 Å². The van der Waals surface area contributed by atoms with Gasteiger partial charge >= 0.3 is 0 Å². The van der Waals surface area contributed by atoms with Gasteiger partial charge in [-0.25, -0.2) is 9.97 Å². The zero-order chi connectivity index (χ0) is 10.8. The Balaban J connectivity index is 2.08. The molecule has 1 aromatic rings. The average molecular weight is 271 g/mol. The Morgan fingerprint density at radius 2 is 2.13 bits per heavy atom. The Bertz CT molecular complexity index is 327. The molecule has 1 aliphatic rings. The van der Waals surface area contributed by atoms with E-state index in [-0.39, 0.29) is 0 Å². The molecule has 2 unspecified atom stereocenters. The summed E-state index contributed by atoms with van der Waals surface area (Å²) in [5.41, 5.74) is 5.97. The number of anilines is 1. The summed E-state index contributed by atoms with van der Waals surface area (Å²) in [5, 5.41) is 0. The summed E-state index contributed by atoms with van der Waals surface area (Å²) in [4.78, 5) is 10.8. The lowest BCUT2D eigenvalue weighted by Gasteiger charge is -2.34. The molecule has 0 saturated carbocycles. The number of nitrogens with zero attached hydrogens (tertiary/aromatic N) is 3. The number of hydrogen-bond donors (Lipinski definition) is 1. The van der Waals surface area contributed by atoms with Crippen molar-refractivity contribution in [1.82, 2.24) is 9.97 Å². The van der Waals surface area contributed by atoms with Gasteiger partial charge in [0.2, 0.25) is 5.95 Å². The molecule has 5 heteroatoms. The van der Waals surface area contributed by atoms with Crippen LogP contribution in [-0.2, 0) is 0 Å². The van der Waals surface area contributed by atoms with Gasteiger partial charge in [0.05, 0.1) is 4.47 Å². The molecule has 0 bridgehead atoms. The second-order valence-corrected chi connectivity index (χ2v) is 4.99. The molecule has 1 fully saturated rings.